The number of rotatable bonds is 4. The highest BCUT2D eigenvalue weighted by Crippen LogP contribution is 2.70. The van der Waals surface area contributed by atoms with Crippen LogP contribution in [0.3, 0.4) is 0 Å². The lowest BCUT2D eigenvalue weighted by Gasteiger charge is -2.66. The molecule has 0 aliphatic heterocycles. The van der Waals surface area contributed by atoms with Crippen molar-refractivity contribution in [3.8, 4) is 0 Å². The lowest BCUT2D eigenvalue weighted by molar-refractivity contribution is -0.299. The highest BCUT2D eigenvalue weighted by molar-refractivity contribution is 5.83. The Bertz CT molecular complexity index is 935. The summed E-state index contributed by atoms with van der Waals surface area (Å²) in [5.74, 6) is -1.15. The molecule has 0 spiro atoms. The molecule has 4 aliphatic rings. The van der Waals surface area contributed by atoms with E-state index in [9.17, 15) is 24.9 Å². The van der Waals surface area contributed by atoms with E-state index in [1.54, 1.807) is 0 Å². The summed E-state index contributed by atoms with van der Waals surface area (Å²) in [5, 5.41) is 35.0. The smallest absolute Gasteiger partial charge is 0.330 e. The third kappa shape index (κ3) is 3.39. The van der Waals surface area contributed by atoms with E-state index >= 15 is 0 Å². The maximum Gasteiger partial charge on any atom is 0.330 e. The molecular weight excluding hydrogens is 432 g/mol. The highest BCUT2D eigenvalue weighted by atomic mass is 16.5. The van der Waals surface area contributed by atoms with Crippen LogP contribution in [0, 0.1) is 28.6 Å². The first kappa shape index (κ1) is 25.6. The van der Waals surface area contributed by atoms with Crippen molar-refractivity contribution >= 4 is 11.8 Å². The summed E-state index contributed by atoms with van der Waals surface area (Å²) >= 11 is 0. The molecule has 4 aliphatic carbocycles. The van der Waals surface area contributed by atoms with Gasteiger partial charge in [0.05, 0.1) is 6.10 Å². The summed E-state index contributed by atoms with van der Waals surface area (Å²) in [7, 11) is 0. The highest BCUT2D eigenvalue weighted by Gasteiger charge is 2.77. The van der Waals surface area contributed by atoms with Crippen molar-refractivity contribution in [1.82, 2.24) is 0 Å². The molecule has 0 radical (unpaired) electrons. The van der Waals surface area contributed by atoms with Crippen LogP contribution in [-0.2, 0) is 14.3 Å². The second kappa shape index (κ2) is 8.28. The number of carbonyl (C=O) groups excluding carboxylic acids is 2. The minimum absolute atomic E-state index is 0.0468. The number of carbonyl (C=O) groups is 2. The van der Waals surface area contributed by atoms with E-state index in [1.807, 2.05) is 33.8 Å². The van der Waals surface area contributed by atoms with E-state index in [2.05, 4.69) is 6.92 Å². The number of ketones is 1. The van der Waals surface area contributed by atoms with Crippen molar-refractivity contribution in [3.05, 3.63) is 23.3 Å². The van der Waals surface area contributed by atoms with Crippen molar-refractivity contribution in [3.63, 3.8) is 0 Å². The van der Waals surface area contributed by atoms with Crippen molar-refractivity contribution in [1.29, 1.82) is 0 Å². The van der Waals surface area contributed by atoms with Crippen LogP contribution in [0.1, 0.15) is 86.5 Å². The third-order valence-electron chi connectivity index (χ3n) is 10.4. The molecular formula is C28H42O6. The maximum absolute atomic E-state index is 13.0. The molecule has 0 heterocycles. The number of Topliss-reactive ketones (excluding diaryl/α,β-unsaturated/α-hetero) is 1. The predicted octanol–water partition coefficient (Wildman–Crippen LogP) is 3.87. The first-order chi connectivity index (χ1) is 15.7. The third-order valence-corrected chi connectivity index (χ3v) is 10.4. The quantitative estimate of drug-likeness (QED) is 0.325. The molecule has 3 fully saturated rings. The van der Waals surface area contributed by atoms with Gasteiger partial charge in [0.2, 0.25) is 0 Å². The summed E-state index contributed by atoms with van der Waals surface area (Å²) in [6.45, 7) is 11.4. The molecule has 0 bridgehead atoms. The van der Waals surface area contributed by atoms with Gasteiger partial charge < -0.3 is 20.1 Å². The standard InChI is InChI=1S/C28H42O6/c1-16(2)17(3)13-24(31)34-23-15-22-25(5)10-8-20(30)14-19(25)7-11-27(22,32)28(33)12-9-21(18(4)29)26(23,28)6/h7,13,16,20-23,30,32-33H,8-12,14-15H2,1-6H3. The number of hydrogen-bond acceptors (Lipinski definition) is 6. The van der Waals surface area contributed by atoms with Gasteiger partial charge in [-0.15, -0.1) is 0 Å². The van der Waals surface area contributed by atoms with Crippen LogP contribution < -0.4 is 0 Å². The summed E-state index contributed by atoms with van der Waals surface area (Å²) in [5.41, 5.74) is -2.47. The molecule has 190 valence electrons. The fourth-order valence-electron chi connectivity index (χ4n) is 7.96. The number of fused-ring (bicyclic) bond motifs is 5. The molecule has 8 unspecified atom stereocenters. The number of allylic oxidation sites excluding steroid dienone is 1. The van der Waals surface area contributed by atoms with Crippen LogP contribution in [0.4, 0.5) is 0 Å². The van der Waals surface area contributed by atoms with Crippen molar-refractivity contribution < 1.29 is 29.6 Å². The Morgan fingerprint density at radius 2 is 1.82 bits per heavy atom. The summed E-state index contributed by atoms with van der Waals surface area (Å²) in [4.78, 5) is 25.8. The summed E-state index contributed by atoms with van der Waals surface area (Å²) < 4.78 is 6.11. The fourth-order valence-corrected chi connectivity index (χ4v) is 7.96. The molecule has 0 saturated heterocycles. The van der Waals surface area contributed by atoms with Crippen LogP contribution in [-0.4, -0.2) is 50.5 Å². The van der Waals surface area contributed by atoms with Gasteiger partial charge in [-0.2, -0.15) is 0 Å². The first-order valence-electron chi connectivity index (χ1n) is 12.9. The molecule has 8 atom stereocenters. The molecule has 6 nitrogen and oxygen atoms in total. The van der Waals surface area contributed by atoms with Gasteiger partial charge >= 0.3 is 5.97 Å². The van der Waals surface area contributed by atoms with Crippen LogP contribution in [0.2, 0.25) is 0 Å². The Kier molecular flexibility index (Phi) is 6.23. The van der Waals surface area contributed by atoms with Crippen molar-refractivity contribution in [2.75, 3.05) is 0 Å². The second-order valence-electron chi connectivity index (χ2n) is 12.3. The van der Waals surface area contributed by atoms with Crippen LogP contribution in [0.15, 0.2) is 23.3 Å². The lowest BCUT2D eigenvalue weighted by Crippen LogP contribution is -2.75. The molecule has 34 heavy (non-hydrogen) atoms. The monoisotopic (exact) mass is 474 g/mol. The fraction of sp³-hybridized carbons (Fsp3) is 0.786. The zero-order chi connectivity index (χ0) is 25.3. The van der Waals surface area contributed by atoms with Crippen LogP contribution >= 0.6 is 0 Å². The Morgan fingerprint density at radius 3 is 2.44 bits per heavy atom. The van der Waals surface area contributed by atoms with Crippen LogP contribution in [0.25, 0.3) is 0 Å². The van der Waals surface area contributed by atoms with Gasteiger partial charge in [-0.1, -0.05) is 44.9 Å². The number of aliphatic hydroxyl groups is 3. The summed E-state index contributed by atoms with van der Waals surface area (Å²) in [6.07, 6.45) is 5.72. The number of hydrogen-bond donors (Lipinski definition) is 3. The summed E-state index contributed by atoms with van der Waals surface area (Å²) in [6, 6.07) is 0. The number of ether oxygens (including phenoxy) is 1. The van der Waals surface area contributed by atoms with E-state index in [4.69, 9.17) is 4.74 Å². The minimum Gasteiger partial charge on any atom is -0.458 e. The SMILES string of the molecule is CC(=O)C1CCC2(O)C3(O)CC=C4CC(O)CCC4(C)C3CC(OC(=O)C=C(C)C(C)C)C12C. The first-order valence-corrected chi connectivity index (χ1v) is 12.9. The van der Waals surface area contributed by atoms with Gasteiger partial charge in [0, 0.05) is 23.3 Å². The molecule has 0 aromatic heterocycles. The zero-order valence-corrected chi connectivity index (χ0v) is 21.6. The van der Waals surface area contributed by atoms with Gasteiger partial charge in [0.1, 0.15) is 23.1 Å². The molecule has 6 heteroatoms. The average Bonchev–Trinajstić information content (AvgIpc) is 3.04. The van der Waals surface area contributed by atoms with Gasteiger partial charge in [0.25, 0.3) is 0 Å². The number of esters is 1. The topological polar surface area (TPSA) is 104 Å². The number of aliphatic hydroxyl groups excluding tert-OH is 1. The molecule has 0 aromatic carbocycles. The average molecular weight is 475 g/mol. The Balaban J connectivity index is 1.81. The van der Waals surface area contributed by atoms with Gasteiger partial charge in [-0.25, -0.2) is 4.79 Å². The second-order valence-corrected chi connectivity index (χ2v) is 12.3. The van der Waals surface area contributed by atoms with E-state index < -0.39 is 46.1 Å². The lowest BCUT2D eigenvalue weighted by atomic mass is 9.43. The van der Waals surface area contributed by atoms with Gasteiger partial charge in [-0.3, -0.25) is 4.79 Å². The maximum atomic E-state index is 13.0. The van der Waals surface area contributed by atoms with Crippen molar-refractivity contribution in [2.45, 2.75) is 110 Å². The van der Waals surface area contributed by atoms with Crippen molar-refractivity contribution in [2.24, 2.45) is 28.6 Å². The van der Waals surface area contributed by atoms with E-state index in [-0.39, 0.29) is 30.5 Å². The molecule has 3 saturated carbocycles. The molecule has 4 rings (SSSR count). The normalized spacial score (nSPS) is 46.3. The largest absolute Gasteiger partial charge is 0.458 e. The predicted molar refractivity (Wildman–Crippen MR) is 129 cm³/mol. The van der Waals surface area contributed by atoms with E-state index in [0.717, 1.165) is 11.1 Å². The van der Waals surface area contributed by atoms with Crippen LogP contribution in [0.5, 0.6) is 0 Å². The molecule has 3 N–H and O–H groups in total. The molecule has 0 aromatic rings. The Hall–Kier alpha value is -1.50. The van der Waals surface area contributed by atoms with Gasteiger partial charge in [0.15, 0.2) is 0 Å². The Morgan fingerprint density at radius 1 is 1.15 bits per heavy atom. The Labute approximate surface area is 203 Å². The molecule has 0 amide bonds. The van der Waals surface area contributed by atoms with Gasteiger partial charge in [-0.05, 0) is 70.1 Å². The van der Waals surface area contributed by atoms with E-state index in [0.29, 0.717) is 32.1 Å². The zero-order valence-electron chi connectivity index (χ0n) is 21.6. The minimum atomic E-state index is -1.57. The van der Waals surface area contributed by atoms with E-state index in [1.165, 1.54) is 13.0 Å².